The van der Waals surface area contributed by atoms with Crippen LogP contribution in [0.25, 0.3) is 0 Å². The first-order valence-electron chi connectivity index (χ1n) is 13.9. The molecule has 1 amide bonds. The van der Waals surface area contributed by atoms with E-state index in [2.05, 4.69) is 29.7 Å². The second-order valence-electron chi connectivity index (χ2n) is 10.3. The van der Waals surface area contributed by atoms with Crippen LogP contribution in [-0.4, -0.2) is 42.9 Å². The Morgan fingerprint density at radius 3 is 2.40 bits per heavy atom. The second kappa shape index (κ2) is 14.2. The van der Waals surface area contributed by atoms with Gasteiger partial charge in [0, 0.05) is 24.7 Å². The lowest BCUT2D eigenvalue weighted by atomic mass is 10.00. The molecule has 40 heavy (non-hydrogen) atoms. The van der Waals surface area contributed by atoms with E-state index in [1.54, 1.807) is 25.3 Å². The maximum Gasteiger partial charge on any atom is 0.251 e. The zero-order valence-corrected chi connectivity index (χ0v) is 23.1. The number of benzene rings is 3. The number of rotatable bonds is 13. The fourth-order valence-corrected chi connectivity index (χ4v) is 5.08. The molecule has 1 saturated carbocycles. The molecule has 0 aliphatic heterocycles. The van der Waals surface area contributed by atoms with Crippen molar-refractivity contribution in [1.29, 1.82) is 0 Å². The molecule has 1 aliphatic rings. The average molecular weight is 553 g/mol. The smallest absolute Gasteiger partial charge is 0.251 e. The maximum absolute atomic E-state index is 13.9. The van der Waals surface area contributed by atoms with Crippen molar-refractivity contribution in [2.45, 2.75) is 70.2 Å². The van der Waals surface area contributed by atoms with E-state index < -0.39 is 29.7 Å². The number of carbonyl (C=O) groups excluding carboxylic acids is 1. The molecule has 0 bridgehead atoms. The Labute approximate surface area is 234 Å². The summed E-state index contributed by atoms with van der Waals surface area (Å²) in [6.07, 6.45) is 4.12. The van der Waals surface area contributed by atoms with Gasteiger partial charge in [-0.1, -0.05) is 31.2 Å². The Hall–Kier alpha value is -3.49. The number of methoxy groups -OCH3 is 1. The highest BCUT2D eigenvalue weighted by Gasteiger charge is 2.25. The monoisotopic (exact) mass is 552 g/mol. The summed E-state index contributed by atoms with van der Waals surface area (Å²) in [7, 11) is 1.55. The Kier molecular flexibility index (Phi) is 10.5. The standard InChI is InChI=1S/C32H38F2N2O4/c1-3-21-7-6-8-22(13-21)19-35-20-29(37)28(16-23-14-25(33)18-26(34)15-23)36-32(38)24-11-12-30(39-2)31(17-24)40-27-9-4-5-10-27/h6-8,11-15,17-18,27-29,35,37H,3-5,9-10,16,19-20H2,1-2H3,(H,36,38). The van der Waals surface area contributed by atoms with Crippen molar-refractivity contribution in [1.82, 2.24) is 10.6 Å². The summed E-state index contributed by atoms with van der Waals surface area (Å²) in [5.74, 6) is -0.843. The topological polar surface area (TPSA) is 79.8 Å². The fraction of sp³-hybridized carbons (Fsp3) is 0.406. The number of aryl methyl sites for hydroxylation is 1. The van der Waals surface area contributed by atoms with E-state index in [9.17, 15) is 18.7 Å². The van der Waals surface area contributed by atoms with Gasteiger partial charge in [0.15, 0.2) is 11.5 Å². The first-order chi connectivity index (χ1) is 19.3. The predicted molar refractivity (Wildman–Crippen MR) is 151 cm³/mol. The fourth-order valence-electron chi connectivity index (χ4n) is 5.08. The van der Waals surface area contributed by atoms with Crippen LogP contribution in [0.1, 0.15) is 59.7 Å². The van der Waals surface area contributed by atoms with Gasteiger partial charge < -0.3 is 25.2 Å². The predicted octanol–water partition coefficient (Wildman–Crippen LogP) is 5.35. The summed E-state index contributed by atoms with van der Waals surface area (Å²) < 4.78 is 39.4. The Morgan fingerprint density at radius 1 is 0.975 bits per heavy atom. The Bertz CT molecular complexity index is 1260. The molecule has 0 saturated heterocycles. The molecule has 0 radical (unpaired) electrons. The lowest BCUT2D eigenvalue weighted by Gasteiger charge is -2.25. The van der Waals surface area contributed by atoms with Crippen molar-refractivity contribution in [2.24, 2.45) is 0 Å². The molecular weight excluding hydrogens is 514 g/mol. The zero-order valence-electron chi connectivity index (χ0n) is 23.1. The van der Waals surface area contributed by atoms with Crippen LogP contribution in [-0.2, 0) is 19.4 Å². The molecule has 2 unspecified atom stereocenters. The van der Waals surface area contributed by atoms with Crippen LogP contribution in [0.15, 0.2) is 60.7 Å². The SMILES string of the molecule is CCc1cccc(CNCC(O)C(Cc2cc(F)cc(F)c2)NC(=O)c2ccc(OC)c(OC3CCCC3)c2)c1. The highest BCUT2D eigenvalue weighted by molar-refractivity contribution is 5.95. The van der Waals surface area contributed by atoms with Crippen molar-refractivity contribution in [3.05, 3.63) is 94.6 Å². The second-order valence-corrected chi connectivity index (χ2v) is 10.3. The molecule has 6 nitrogen and oxygen atoms in total. The van der Waals surface area contributed by atoms with Gasteiger partial charge in [0.2, 0.25) is 0 Å². The van der Waals surface area contributed by atoms with Gasteiger partial charge in [0.05, 0.1) is 25.4 Å². The third-order valence-electron chi connectivity index (χ3n) is 7.26. The number of ether oxygens (including phenoxy) is 2. The van der Waals surface area contributed by atoms with Crippen LogP contribution in [0, 0.1) is 11.6 Å². The van der Waals surface area contributed by atoms with Crippen molar-refractivity contribution >= 4 is 5.91 Å². The number of hydrogen-bond acceptors (Lipinski definition) is 5. The van der Waals surface area contributed by atoms with Crippen LogP contribution in [0.2, 0.25) is 0 Å². The molecule has 3 N–H and O–H groups in total. The van der Waals surface area contributed by atoms with Crippen LogP contribution < -0.4 is 20.1 Å². The van der Waals surface area contributed by atoms with Crippen LogP contribution >= 0.6 is 0 Å². The summed E-state index contributed by atoms with van der Waals surface area (Å²) in [5.41, 5.74) is 2.96. The van der Waals surface area contributed by atoms with Crippen molar-refractivity contribution < 1.29 is 28.2 Å². The van der Waals surface area contributed by atoms with Crippen LogP contribution in [0.3, 0.4) is 0 Å². The van der Waals surface area contributed by atoms with Gasteiger partial charge in [0.25, 0.3) is 5.91 Å². The summed E-state index contributed by atoms with van der Waals surface area (Å²) in [6.45, 7) is 2.78. The number of amides is 1. The highest BCUT2D eigenvalue weighted by Crippen LogP contribution is 2.32. The molecule has 4 rings (SSSR count). The molecule has 1 fully saturated rings. The average Bonchev–Trinajstić information content (AvgIpc) is 3.45. The first kappa shape index (κ1) is 29.5. The summed E-state index contributed by atoms with van der Waals surface area (Å²) in [5, 5.41) is 17.2. The van der Waals surface area contributed by atoms with Gasteiger partial charge >= 0.3 is 0 Å². The van der Waals surface area contributed by atoms with E-state index in [1.165, 1.54) is 17.7 Å². The largest absolute Gasteiger partial charge is 0.493 e. The third-order valence-corrected chi connectivity index (χ3v) is 7.26. The summed E-state index contributed by atoms with van der Waals surface area (Å²) in [4.78, 5) is 13.4. The number of aliphatic hydroxyl groups is 1. The summed E-state index contributed by atoms with van der Waals surface area (Å²) in [6, 6.07) is 15.5. The van der Waals surface area contributed by atoms with Gasteiger partial charge in [-0.2, -0.15) is 0 Å². The van der Waals surface area contributed by atoms with Gasteiger partial charge in [-0.05, 0) is 85.5 Å². The normalized spacial score (nSPS) is 15.0. The molecule has 3 aromatic carbocycles. The van der Waals surface area contributed by atoms with E-state index in [0.717, 1.165) is 43.7 Å². The van der Waals surface area contributed by atoms with Gasteiger partial charge in [-0.15, -0.1) is 0 Å². The molecule has 8 heteroatoms. The van der Waals surface area contributed by atoms with E-state index in [-0.39, 0.29) is 19.1 Å². The maximum atomic E-state index is 13.9. The lowest BCUT2D eigenvalue weighted by Crippen LogP contribution is -2.48. The minimum atomic E-state index is -1.03. The first-order valence-corrected chi connectivity index (χ1v) is 13.9. The number of hydrogen-bond donors (Lipinski definition) is 3. The van der Waals surface area contributed by atoms with Gasteiger partial charge in [-0.3, -0.25) is 4.79 Å². The van der Waals surface area contributed by atoms with Crippen LogP contribution in [0.5, 0.6) is 11.5 Å². The minimum Gasteiger partial charge on any atom is -0.493 e. The van der Waals surface area contributed by atoms with Gasteiger partial charge in [0.1, 0.15) is 11.6 Å². The Morgan fingerprint density at radius 2 is 1.70 bits per heavy atom. The molecule has 214 valence electrons. The lowest BCUT2D eigenvalue weighted by molar-refractivity contribution is 0.0829. The number of carbonyl (C=O) groups is 1. The molecule has 0 heterocycles. The molecule has 2 atom stereocenters. The Balaban J connectivity index is 1.48. The number of aliphatic hydroxyl groups excluding tert-OH is 1. The third kappa shape index (κ3) is 8.26. The molecular formula is C32H38F2N2O4. The van der Waals surface area contributed by atoms with E-state index in [1.807, 2.05) is 12.1 Å². The number of halogens is 2. The molecule has 0 aromatic heterocycles. The molecule has 1 aliphatic carbocycles. The van der Waals surface area contributed by atoms with E-state index in [4.69, 9.17) is 9.47 Å². The molecule has 3 aromatic rings. The quantitative estimate of drug-likeness (QED) is 0.267. The van der Waals surface area contributed by atoms with Crippen molar-refractivity contribution in [2.75, 3.05) is 13.7 Å². The van der Waals surface area contributed by atoms with E-state index >= 15 is 0 Å². The van der Waals surface area contributed by atoms with Gasteiger partial charge in [-0.25, -0.2) is 8.78 Å². The minimum absolute atomic E-state index is 0.0379. The van der Waals surface area contributed by atoms with Crippen LogP contribution in [0.4, 0.5) is 8.78 Å². The zero-order chi connectivity index (χ0) is 28.5. The summed E-state index contributed by atoms with van der Waals surface area (Å²) >= 11 is 0. The molecule has 0 spiro atoms. The highest BCUT2D eigenvalue weighted by atomic mass is 19.1. The van der Waals surface area contributed by atoms with E-state index in [0.29, 0.717) is 29.2 Å². The number of nitrogens with one attached hydrogen (secondary N) is 2. The van der Waals surface area contributed by atoms with Crippen molar-refractivity contribution in [3.8, 4) is 11.5 Å². The van der Waals surface area contributed by atoms with Crippen molar-refractivity contribution in [3.63, 3.8) is 0 Å².